The molecule has 0 nitrogen and oxygen atoms in total. The summed E-state index contributed by atoms with van der Waals surface area (Å²) in [7, 11) is 5.25. The summed E-state index contributed by atoms with van der Waals surface area (Å²) >= 11 is 0. The smallest absolute Gasteiger partial charge is 0.103 e. The number of rotatable bonds is 1. The highest BCUT2D eigenvalue weighted by Crippen LogP contribution is 2.04. The van der Waals surface area contributed by atoms with E-state index < -0.39 is 0 Å². The zero-order valence-corrected chi connectivity index (χ0v) is 5.73. The minimum absolute atomic E-state index is 1.15. The van der Waals surface area contributed by atoms with Crippen molar-refractivity contribution in [1.29, 1.82) is 0 Å². The predicted molar refractivity (Wildman–Crippen MR) is 38.9 cm³/mol. The molecule has 0 saturated heterocycles. The highest BCUT2D eigenvalue weighted by atomic mass is 13.9. The molecular weight excluding hydrogens is 94.9 g/mol. The van der Waals surface area contributed by atoms with Crippen molar-refractivity contribution in [2.24, 2.45) is 0 Å². The third kappa shape index (κ3) is 2.01. The topological polar surface area (TPSA) is 0 Å². The lowest BCUT2D eigenvalue weighted by Gasteiger charge is -1.95. The van der Waals surface area contributed by atoms with Crippen molar-refractivity contribution in [1.82, 2.24) is 0 Å². The molecule has 2 radical (unpaired) electrons. The number of allylic oxidation sites excluding steroid dienone is 3. The van der Waals surface area contributed by atoms with Gasteiger partial charge in [-0.2, -0.15) is 0 Å². The molecule has 0 aromatic heterocycles. The van der Waals surface area contributed by atoms with Crippen molar-refractivity contribution < 1.29 is 0 Å². The van der Waals surface area contributed by atoms with Crippen LogP contribution in [0.25, 0.3) is 0 Å². The first kappa shape index (κ1) is 7.54. The van der Waals surface area contributed by atoms with Gasteiger partial charge in [0.1, 0.15) is 7.85 Å². The first-order valence-electron chi connectivity index (χ1n) is 2.74. The second kappa shape index (κ2) is 3.53. The summed E-state index contributed by atoms with van der Waals surface area (Å²) < 4.78 is 0. The van der Waals surface area contributed by atoms with E-state index in [1.165, 1.54) is 5.57 Å². The van der Waals surface area contributed by atoms with Gasteiger partial charge in [0.05, 0.1) is 0 Å². The molecule has 0 saturated carbocycles. The standard InChI is InChI=1S/C7H11B/c1-4-6(2)7(3)5-8/h4-5H,1-3H3. The fourth-order valence-electron chi connectivity index (χ4n) is 0.359. The maximum Gasteiger partial charge on any atom is 0.103 e. The van der Waals surface area contributed by atoms with E-state index in [2.05, 4.69) is 0 Å². The lowest BCUT2D eigenvalue weighted by molar-refractivity contribution is 1.34. The largest absolute Gasteiger partial charge is 0.128 e. The first-order valence-corrected chi connectivity index (χ1v) is 2.74. The Labute approximate surface area is 52.7 Å². The van der Waals surface area contributed by atoms with Crippen LogP contribution in [0, 0.1) is 0 Å². The molecule has 0 N–H and O–H groups in total. The van der Waals surface area contributed by atoms with Crippen molar-refractivity contribution >= 4 is 7.85 Å². The highest BCUT2D eigenvalue weighted by molar-refractivity contribution is 6.17. The second-order valence-corrected chi connectivity index (χ2v) is 1.82. The Hall–Kier alpha value is -0.455. The van der Waals surface area contributed by atoms with Crippen LogP contribution in [0.4, 0.5) is 0 Å². The fourth-order valence-corrected chi connectivity index (χ4v) is 0.359. The monoisotopic (exact) mass is 106 g/mol. The SMILES string of the molecule is [B]C=C(C)C(C)=CC. The van der Waals surface area contributed by atoms with E-state index in [0.29, 0.717) is 0 Å². The van der Waals surface area contributed by atoms with E-state index in [1.807, 2.05) is 26.8 Å². The fraction of sp³-hybridized carbons (Fsp3) is 0.429. The van der Waals surface area contributed by atoms with Gasteiger partial charge in [0.2, 0.25) is 0 Å². The molecule has 0 unspecified atom stereocenters. The van der Waals surface area contributed by atoms with Crippen LogP contribution in [0.3, 0.4) is 0 Å². The lowest BCUT2D eigenvalue weighted by Crippen LogP contribution is -1.76. The summed E-state index contributed by atoms with van der Waals surface area (Å²) in [4.78, 5) is 0. The molecule has 0 aromatic rings. The molecule has 0 rings (SSSR count). The van der Waals surface area contributed by atoms with Crippen molar-refractivity contribution in [3.8, 4) is 0 Å². The van der Waals surface area contributed by atoms with Gasteiger partial charge in [0.25, 0.3) is 0 Å². The molecule has 42 valence electrons. The molecule has 0 heterocycles. The van der Waals surface area contributed by atoms with Gasteiger partial charge in [-0.3, -0.25) is 0 Å². The molecule has 0 amide bonds. The van der Waals surface area contributed by atoms with Gasteiger partial charge in [-0.25, -0.2) is 0 Å². The predicted octanol–water partition coefficient (Wildman–Crippen LogP) is 2.02. The summed E-state index contributed by atoms with van der Waals surface area (Å²) in [6, 6.07) is 0. The zero-order valence-electron chi connectivity index (χ0n) is 5.73. The summed E-state index contributed by atoms with van der Waals surface area (Å²) in [6.45, 7) is 6.04. The highest BCUT2D eigenvalue weighted by Gasteiger charge is 1.84. The van der Waals surface area contributed by atoms with Gasteiger partial charge < -0.3 is 0 Å². The van der Waals surface area contributed by atoms with E-state index in [-0.39, 0.29) is 0 Å². The molecule has 0 aliphatic heterocycles. The molecule has 0 spiro atoms. The van der Waals surface area contributed by atoms with Crippen molar-refractivity contribution in [3.63, 3.8) is 0 Å². The maximum atomic E-state index is 5.25. The molecule has 0 aliphatic carbocycles. The third-order valence-corrected chi connectivity index (χ3v) is 1.31. The van der Waals surface area contributed by atoms with Gasteiger partial charge in [-0.1, -0.05) is 17.2 Å². The molecule has 0 bridgehead atoms. The van der Waals surface area contributed by atoms with E-state index in [1.54, 1.807) is 5.98 Å². The molecule has 0 fully saturated rings. The van der Waals surface area contributed by atoms with Crippen LogP contribution < -0.4 is 0 Å². The van der Waals surface area contributed by atoms with Gasteiger partial charge in [0, 0.05) is 0 Å². The molecular formula is C7H11B. The van der Waals surface area contributed by atoms with Crippen LogP contribution in [0.1, 0.15) is 20.8 Å². The molecule has 8 heavy (non-hydrogen) atoms. The maximum absolute atomic E-state index is 5.25. The summed E-state index contributed by atoms with van der Waals surface area (Å²) in [5, 5.41) is 0. The van der Waals surface area contributed by atoms with Crippen molar-refractivity contribution in [3.05, 3.63) is 23.2 Å². The third-order valence-electron chi connectivity index (χ3n) is 1.31. The average molecular weight is 106 g/mol. The minimum Gasteiger partial charge on any atom is -0.128 e. The summed E-state index contributed by atoms with van der Waals surface area (Å²) in [5.41, 5.74) is 2.39. The summed E-state index contributed by atoms with van der Waals surface area (Å²) in [6.07, 6.45) is 2.04. The minimum atomic E-state index is 1.15. The van der Waals surface area contributed by atoms with Crippen molar-refractivity contribution in [2.75, 3.05) is 0 Å². The Morgan fingerprint density at radius 3 is 1.88 bits per heavy atom. The Morgan fingerprint density at radius 2 is 1.75 bits per heavy atom. The normalized spacial score (nSPS) is 14.4. The van der Waals surface area contributed by atoms with E-state index in [9.17, 15) is 0 Å². The summed E-state index contributed by atoms with van der Waals surface area (Å²) in [5.74, 6) is 1.62. The van der Waals surface area contributed by atoms with Crippen LogP contribution in [0.2, 0.25) is 0 Å². The Morgan fingerprint density at radius 1 is 1.25 bits per heavy atom. The Kier molecular flexibility index (Phi) is 3.33. The zero-order chi connectivity index (χ0) is 6.57. The van der Waals surface area contributed by atoms with Gasteiger partial charge in [-0.15, -0.1) is 5.98 Å². The van der Waals surface area contributed by atoms with E-state index in [0.717, 1.165) is 5.57 Å². The van der Waals surface area contributed by atoms with Crippen LogP contribution in [0.5, 0.6) is 0 Å². The van der Waals surface area contributed by atoms with E-state index in [4.69, 9.17) is 7.85 Å². The average Bonchev–Trinajstić information content (AvgIpc) is 1.84. The molecule has 1 heteroatoms. The Balaban J connectivity index is 4.04. The molecule has 0 aromatic carbocycles. The van der Waals surface area contributed by atoms with Crippen LogP contribution in [-0.4, -0.2) is 7.85 Å². The Bertz CT molecular complexity index is 104. The van der Waals surface area contributed by atoms with Gasteiger partial charge in [-0.05, 0) is 20.8 Å². The van der Waals surface area contributed by atoms with Crippen LogP contribution in [0.15, 0.2) is 23.2 Å². The van der Waals surface area contributed by atoms with Gasteiger partial charge in [0.15, 0.2) is 0 Å². The number of hydrogen-bond donors (Lipinski definition) is 0. The molecule has 0 atom stereocenters. The van der Waals surface area contributed by atoms with Crippen LogP contribution >= 0.6 is 0 Å². The van der Waals surface area contributed by atoms with Gasteiger partial charge >= 0.3 is 0 Å². The second-order valence-electron chi connectivity index (χ2n) is 1.82. The first-order chi connectivity index (χ1) is 3.72. The van der Waals surface area contributed by atoms with Crippen LogP contribution in [-0.2, 0) is 0 Å². The van der Waals surface area contributed by atoms with E-state index >= 15 is 0 Å². The van der Waals surface area contributed by atoms with Crippen molar-refractivity contribution in [2.45, 2.75) is 20.8 Å². The molecule has 0 aliphatic rings. The lowest BCUT2D eigenvalue weighted by atomic mass is 10.0. The number of hydrogen-bond acceptors (Lipinski definition) is 0. The quantitative estimate of drug-likeness (QED) is 0.354.